The molecule has 0 aromatic carbocycles. The van der Waals surface area contributed by atoms with Gasteiger partial charge in [0.25, 0.3) is 0 Å². The summed E-state index contributed by atoms with van der Waals surface area (Å²) in [5.74, 6) is -4.70. The van der Waals surface area contributed by atoms with Crippen molar-refractivity contribution in [3.63, 3.8) is 0 Å². The van der Waals surface area contributed by atoms with E-state index in [-0.39, 0.29) is 87.2 Å². The van der Waals surface area contributed by atoms with E-state index in [1.165, 1.54) is 64.8 Å². The van der Waals surface area contributed by atoms with Crippen LogP contribution in [0.5, 0.6) is 0 Å². The van der Waals surface area contributed by atoms with Crippen LogP contribution in [0, 0.1) is 23.7 Å². The zero-order valence-electron chi connectivity index (χ0n) is 39.8. The standard InChI is InChI=1S/C46H88N10O7/c1-7-9-10-11-12-13-14-15-16-17-18-19-20-25-41(60)54-36(24-22-27-53-46(49)50)44(63)55-37(28-32(3)4)39(58)29-34(23-21-26-52-45(47)48)42(61)56-38(31-57)40(59)30-35(33(5)8-2)43(62)51-6/h32-38,57H,7-31H2,1-6H3,(H,51,62)(H,54,60)(H,55,63)(H,56,61)(H4,47,48,52)(H4,49,50,53)/t33-,34+,35-,36-,37-,38-/m0/s1. The number of carbonyl (C=O) groups is 6. The third-order valence-electron chi connectivity index (χ3n) is 11.6. The zero-order chi connectivity index (χ0) is 47.6. The molecule has 0 aliphatic heterocycles. The number of rotatable bonds is 39. The molecular formula is C46H88N10O7. The van der Waals surface area contributed by atoms with Crippen molar-refractivity contribution in [2.24, 2.45) is 56.6 Å². The number of aliphatic hydroxyl groups excluding tert-OH is 1. The number of guanidine groups is 2. The van der Waals surface area contributed by atoms with Crippen molar-refractivity contribution in [1.29, 1.82) is 0 Å². The highest BCUT2D eigenvalue weighted by Gasteiger charge is 2.34. The summed E-state index contributed by atoms with van der Waals surface area (Å²) in [5, 5.41) is 21.1. The number of nitrogens with zero attached hydrogens (tertiary/aromatic N) is 2. The predicted octanol–water partition coefficient (Wildman–Crippen LogP) is 4.01. The van der Waals surface area contributed by atoms with Gasteiger partial charge in [-0.15, -0.1) is 0 Å². The van der Waals surface area contributed by atoms with Gasteiger partial charge in [0.1, 0.15) is 12.1 Å². The second-order valence-electron chi connectivity index (χ2n) is 17.6. The fourth-order valence-electron chi connectivity index (χ4n) is 7.51. The minimum Gasteiger partial charge on any atom is -0.394 e. The van der Waals surface area contributed by atoms with Gasteiger partial charge in [-0.3, -0.25) is 38.8 Å². The molecule has 17 nitrogen and oxygen atoms in total. The number of nitrogens with two attached hydrogens (primary N) is 4. The lowest BCUT2D eigenvalue weighted by Crippen LogP contribution is -2.52. The van der Waals surface area contributed by atoms with E-state index in [1.807, 2.05) is 27.7 Å². The quantitative estimate of drug-likeness (QED) is 0.0241. The summed E-state index contributed by atoms with van der Waals surface area (Å²) in [6.07, 6.45) is 17.1. The molecule has 0 aliphatic carbocycles. The van der Waals surface area contributed by atoms with Crippen molar-refractivity contribution in [3.8, 4) is 0 Å². The lowest BCUT2D eigenvalue weighted by atomic mass is 9.85. The summed E-state index contributed by atoms with van der Waals surface area (Å²) in [4.78, 5) is 88.9. The van der Waals surface area contributed by atoms with Gasteiger partial charge in [0.05, 0.1) is 12.6 Å². The molecule has 0 aromatic rings. The molecule has 0 aliphatic rings. The number of hydrogen-bond acceptors (Lipinski definition) is 9. The number of aliphatic hydroxyl groups is 1. The highest BCUT2D eigenvalue weighted by Crippen LogP contribution is 2.22. The van der Waals surface area contributed by atoms with Crippen LogP contribution in [0.4, 0.5) is 0 Å². The Morgan fingerprint density at radius 3 is 1.54 bits per heavy atom. The number of carbonyl (C=O) groups excluding carboxylic acids is 6. The third kappa shape index (κ3) is 28.9. The summed E-state index contributed by atoms with van der Waals surface area (Å²) in [7, 11) is 1.49. The van der Waals surface area contributed by atoms with Crippen molar-refractivity contribution < 1.29 is 33.9 Å². The van der Waals surface area contributed by atoms with Gasteiger partial charge >= 0.3 is 0 Å². The van der Waals surface area contributed by atoms with Gasteiger partial charge in [0.2, 0.25) is 23.6 Å². The molecule has 13 N–H and O–H groups in total. The van der Waals surface area contributed by atoms with Crippen molar-refractivity contribution in [3.05, 3.63) is 0 Å². The van der Waals surface area contributed by atoms with Gasteiger partial charge in [-0.05, 0) is 50.4 Å². The molecule has 6 atom stereocenters. The van der Waals surface area contributed by atoms with E-state index in [4.69, 9.17) is 22.9 Å². The summed E-state index contributed by atoms with van der Waals surface area (Å²) in [6, 6.07) is -3.26. The third-order valence-corrected chi connectivity index (χ3v) is 11.6. The molecule has 0 spiro atoms. The molecule has 4 amide bonds. The van der Waals surface area contributed by atoms with Crippen LogP contribution in [0.15, 0.2) is 9.98 Å². The fourth-order valence-corrected chi connectivity index (χ4v) is 7.51. The highest BCUT2D eigenvalue weighted by molar-refractivity contribution is 5.96. The van der Waals surface area contributed by atoms with Crippen molar-refractivity contribution in [1.82, 2.24) is 21.3 Å². The van der Waals surface area contributed by atoms with Crippen LogP contribution in [0.1, 0.15) is 176 Å². The molecule has 63 heavy (non-hydrogen) atoms. The van der Waals surface area contributed by atoms with Crippen molar-refractivity contribution >= 4 is 47.1 Å². The number of hydrogen-bond donors (Lipinski definition) is 9. The first-order valence-corrected chi connectivity index (χ1v) is 23.9. The topological polar surface area (TPSA) is 300 Å². The number of nitrogens with one attached hydrogen (secondary N) is 4. The second-order valence-corrected chi connectivity index (χ2v) is 17.6. The number of ketones is 2. The van der Waals surface area contributed by atoms with Gasteiger partial charge in [-0.25, -0.2) is 0 Å². The maximum absolute atomic E-state index is 14.1. The van der Waals surface area contributed by atoms with Gasteiger partial charge < -0.3 is 49.3 Å². The van der Waals surface area contributed by atoms with Gasteiger partial charge in [0, 0.05) is 51.2 Å². The SMILES string of the molecule is CCCCCCCCCCCCCCCC(=O)N[C@@H](CCCN=C(N)N)C(=O)N[C@@H](CC(C)C)C(=O)C[C@@H](CCCN=C(N)N)C(=O)N[C@@H](CO)C(=O)C[C@H](C(=O)NC)[C@@H](C)CC. The summed E-state index contributed by atoms with van der Waals surface area (Å²) >= 11 is 0. The first-order chi connectivity index (χ1) is 30.0. The Labute approximate surface area is 378 Å². The first kappa shape index (κ1) is 58.7. The molecule has 0 radical (unpaired) electrons. The summed E-state index contributed by atoms with van der Waals surface area (Å²) < 4.78 is 0. The zero-order valence-corrected chi connectivity index (χ0v) is 39.8. The summed E-state index contributed by atoms with van der Waals surface area (Å²) in [6.45, 7) is 9.51. The van der Waals surface area contributed by atoms with Crippen LogP contribution < -0.4 is 44.2 Å². The monoisotopic (exact) mass is 893 g/mol. The molecule has 0 saturated heterocycles. The van der Waals surface area contributed by atoms with E-state index in [0.717, 1.165) is 19.3 Å². The minimum atomic E-state index is -1.31. The van der Waals surface area contributed by atoms with Crippen LogP contribution in [0.25, 0.3) is 0 Å². The normalized spacial score (nSPS) is 14.0. The molecule has 0 bridgehead atoms. The van der Waals surface area contributed by atoms with E-state index < -0.39 is 59.9 Å². The molecule has 0 rings (SSSR count). The molecule has 0 saturated carbocycles. The fraction of sp³-hybridized carbons (Fsp3) is 0.826. The van der Waals surface area contributed by atoms with Gasteiger partial charge in [0.15, 0.2) is 23.5 Å². The molecule has 364 valence electrons. The average molecular weight is 893 g/mol. The molecular weight excluding hydrogens is 805 g/mol. The van der Waals surface area contributed by atoms with Crippen LogP contribution >= 0.6 is 0 Å². The Hall–Kier alpha value is -4.28. The van der Waals surface area contributed by atoms with Crippen LogP contribution in [-0.2, 0) is 28.8 Å². The molecule has 17 heteroatoms. The van der Waals surface area contributed by atoms with E-state index in [9.17, 15) is 33.9 Å². The lowest BCUT2D eigenvalue weighted by Gasteiger charge is -2.26. The maximum Gasteiger partial charge on any atom is 0.243 e. The van der Waals surface area contributed by atoms with Gasteiger partial charge in [-0.1, -0.05) is 118 Å². The Morgan fingerprint density at radius 2 is 1.06 bits per heavy atom. The number of unbranched alkanes of at least 4 members (excludes halogenated alkanes) is 12. The van der Waals surface area contributed by atoms with Crippen molar-refractivity contribution in [2.75, 3.05) is 26.7 Å². The predicted molar refractivity (Wildman–Crippen MR) is 252 cm³/mol. The van der Waals surface area contributed by atoms with E-state index in [1.54, 1.807) is 0 Å². The molecule has 0 unspecified atom stereocenters. The number of aliphatic imine (C=N–C) groups is 2. The molecule has 0 aromatic heterocycles. The Bertz CT molecular complexity index is 1380. The molecule has 0 fully saturated rings. The highest BCUT2D eigenvalue weighted by atomic mass is 16.3. The van der Waals surface area contributed by atoms with Gasteiger partial charge in [-0.2, -0.15) is 0 Å². The Kier molecular flexibility index (Phi) is 33.6. The maximum atomic E-state index is 14.1. The van der Waals surface area contributed by atoms with E-state index in [2.05, 4.69) is 38.2 Å². The van der Waals surface area contributed by atoms with Crippen molar-refractivity contribution in [2.45, 2.75) is 194 Å². The molecule has 0 heterocycles. The largest absolute Gasteiger partial charge is 0.394 e. The minimum absolute atomic E-state index is 0.0333. The van der Waals surface area contributed by atoms with E-state index >= 15 is 0 Å². The Balaban J connectivity index is 5.85. The lowest BCUT2D eigenvalue weighted by molar-refractivity contribution is -0.136. The number of Topliss-reactive ketones (excluding diaryl/α,β-unsaturated/α-hetero) is 2. The second kappa shape index (κ2) is 36.1. The van der Waals surface area contributed by atoms with Crippen LogP contribution in [0.3, 0.4) is 0 Å². The summed E-state index contributed by atoms with van der Waals surface area (Å²) in [5.41, 5.74) is 22.0. The number of amides is 4. The van der Waals surface area contributed by atoms with Crippen LogP contribution in [-0.4, -0.2) is 97.1 Å². The smallest absolute Gasteiger partial charge is 0.243 e. The Morgan fingerprint density at radius 1 is 0.571 bits per heavy atom. The first-order valence-electron chi connectivity index (χ1n) is 23.9. The van der Waals surface area contributed by atoms with E-state index in [0.29, 0.717) is 25.7 Å². The van der Waals surface area contributed by atoms with Crippen LogP contribution in [0.2, 0.25) is 0 Å². The average Bonchev–Trinajstić information content (AvgIpc) is 3.24.